The fourth-order valence-corrected chi connectivity index (χ4v) is 5.46. The van der Waals surface area contributed by atoms with Crippen molar-refractivity contribution in [3.8, 4) is 0 Å². The van der Waals surface area contributed by atoms with Crippen molar-refractivity contribution in [1.82, 2.24) is 0 Å². The van der Waals surface area contributed by atoms with E-state index >= 15 is 0 Å². The monoisotopic (exact) mass is 304 g/mol. The summed E-state index contributed by atoms with van der Waals surface area (Å²) in [5, 5.41) is 8.89. The van der Waals surface area contributed by atoms with E-state index in [9.17, 15) is 4.79 Å². The Balaban J connectivity index is 2.17. The third-order valence-electron chi connectivity index (χ3n) is 6.52. The van der Waals surface area contributed by atoms with Gasteiger partial charge in [0.25, 0.3) is 0 Å². The number of rotatable bonds is 4. The Kier molecular flexibility index (Phi) is 4.89. The maximum Gasteiger partial charge on any atom is 0.328 e. The number of carbonyl (C=O) groups is 1. The summed E-state index contributed by atoms with van der Waals surface area (Å²) in [5.41, 5.74) is 3.15. The average Bonchev–Trinajstić information content (AvgIpc) is 2.35. The molecule has 0 saturated heterocycles. The number of aliphatic carboxylic acids is 1. The largest absolute Gasteiger partial charge is 0.478 e. The Morgan fingerprint density at radius 3 is 2.68 bits per heavy atom. The fraction of sp³-hybridized carbons (Fsp3) is 0.750. The zero-order valence-electron chi connectivity index (χ0n) is 14.7. The van der Waals surface area contributed by atoms with Gasteiger partial charge >= 0.3 is 5.97 Å². The molecule has 0 spiro atoms. The molecule has 2 heteroatoms. The van der Waals surface area contributed by atoms with Gasteiger partial charge in [0, 0.05) is 6.08 Å². The van der Waals surface area contributed by atoms with Crippen LogP contribution < -0.4 is 0 Å². The minimum Gasteiger partial charge on any atom is -0.478 e. The molecule has 0 aromatic carbocycles. The molecule has 22 heavy (non-hydrogen) atoms. The first-order valence-corrected chi connectivity index (χ1v) is 8.74. The van der Waals surface area contributed by atoms with Crippen LogP contribution in [0, 0.1) is 22.7 Å². The Morgan fingerprint density at radius 1 is 1.36 bits per heavy atom. The van der Waals surface area contributed by atoms with Crippen molar-refractivity contribution in [2.75, 3.05) is 0 Å². The van der Waals surface area contributed by atoms with Gasteiger partial charge in [-0.1, -0.05) is 44.9 Å². The average molecular weight is 304 g/mol. The van der Waals surface area contributed by atoms with E-state index in [-0.39, 0.29) is 0 Å². The summed E-state index contributed by atoms with van der Waals surface area (Å²) in [6.45, 7) is 13.7. The van der Waals surface area contributed by atoms with Gasteiger partial charge in [-0.2, -0.15) is 0 Å². The lowest BCUT2D eigenvalue weighted by molar-refractivity contribution is -0.131. The third-order valence-corrected chi connectivity index (χ3v) is 6.52. The van der Waals surface area contributed by atoms with Gasteiger partial charge < -0.3 is 5.11 Å². The first-order valence-electron chi connectivity index (χ1n) is 8.74. The minimum atomic E-state index is -0.831. The molecule has 2 nitrogen and oxygen atoms in total. The summed E-state index contributed by atoms with van der Waals surface area (Å²) in [7, 11) is 0. The minimum absolute atomic E-state index is 0.348. The van der Waals surface area contributed by atoms with E-state index in [1.165, 1.54) is 37.3 Å². The van der Waals surface area contributed by atoms with Crippen LogP contribution in [0.4, 0.5) is 0 Å². The summed E-state index contributed by atoms with van der Waals surface area (Å²) in [6, 6.07) is 0. The molecular weight excluding hydrogens is 272 g/mol. The van der Waals surface area contributed by atoms with E-state index in [2.05, 4.69) is 27.4 Å². The first kappa shape index (κ1) is 17.3. The molecule has 2 aliphatic rings. The summed E-state index contributed by atoms with van der Waals surface area (Å²) in [6.07, 6.45) is 9.66. The first-order chi connectivity index (χ1) is 10.2. The molecule has 1 unspecified atom stereocenters. The van der Waals surface area contributed by atoms with Crippen LogP contribution in [0.1, 0.15) is 72.6 Å². The molecule has 0 radical (unpaired) electrons. The smallest absolute Gasteiger partial charge is 0.328 e. The standard InChI is InChI=1S/C20H32O2/c1-14(13-18(21)22)7-9-16-15(2)8-10-17-19(3,4)11-6-12-20(16,17)5/h13,16-17H,2,6-12H2,1,3-5H3,(H,21,22)/b14-13+/t16-,17?,20+/m0/s1. The number of hydrogen-bond acceptors (Lipinski definition) is 1. The molecule has 2 aliphatic carbocycles. The number of hydrogen-bond donors (Lipinski definition) is 1. The SMILES string of the molecule is C=C1CCC2C(C)(C)CCC[C@]2(C)[C@H]1CC/C(C)=C/C(=O)O. The molecule has 0 aliphatic heterocycles. The van der Waals surface area contributed by atoms with Crippen LogP contribution in [0.25, 0.3) is 0 Å². The van der Waals surface area contributed by atoms with Gasteiger partial charge in [0.15, 0.2) is 0 Å². The number of carboxylic acids is 1. The highest BCUT2D eigenvalue weighted by atomic mass is 16.4. The molecule has 2 saturated carbocycles. The van der Waals surface area contributed by atoms with Gasteiger partial charge in [-0.3, -0.25) is 0 Å². The second-order valence-electron chi connectivity index (χ2n) is 8.52. The molecule has 124 valence electrons. The summed E-state index contributed by atoms with van der Waals surface area (Å²) < 4.78 is 0. The van der Waals surface area contributed by atoms with Gasteiger partial charge in [0.05, 0.1) is 0 Å². The maximum absolute atomic E-state index is 10.8. The second kappa shape index (κ2) is 6.22. The van der Waals surface area contributed by atoms with E-state index in [0.717, 1.165) is 30.8 Å². The van der Waals surface area contributed by atoms with Gasteiger partial charge in [-0.05, 0) is 68.1 Å². The van der Waals surface area contributed by atoms with E-state index in [0.29, 0.717) is 16.7 Å². The van der Waals surface area contributed by atoms with Gasteiger partial charge in [-0.15, -0.1) is 0 Å². The molecule has 0 aromatic heterocycles. The Hall–Kier alpha value is -1.05. The Morgan fingerprint density at radius 2 is 2.05 bits per heavy atom. The van der Waals surface area contributed by atoms with E-state index < -0.39 is 5.97 Å². The van der Waals surface area contributed by atoms with Gasteiger partial charge in [0.1, 0.15) is 0 Å². The molecule has 0 amide bonds. The molecule has 0 bridgehead atoms. The van der Waals surface area contributed by atoms with Crippen molar-refractivity contribution in [2.24, 2.45) is 22.7 Å². The topological polar surface area (TPSA) is 37.3 Å². The van der Waals surface area contributed by atoms with Crippen molar-refractivity contribution in [1.29, 1.82) is 0 Å². The van der Waals surface area contributed by atoms with Crippen molar-refractivity contribution < 1.29 is 9.90 Å². The molecule has 3 atom stereocenters. The van der Waals surface area contributed by atoms with Crippen molar-refractivity contribution in [2.45, 2.75) is 72.6 Å². The lowest BCUT2D eigenvalue weighted by Gasteiger charge is -2.58. The normalized spacial score (nSPS) is 35.1. The Bertz CT molecular complexity index is 486. The van der Waals surface area contributed by atoms with Crippen LogP contribution in [0.15, 0.2) is 23.8 Å². The van der Waals surface area contributed by atoms with Gasteiger partial charge in [0.2, 0.25) is 0 Å². The van der Waals surface area contributed by atoms with Crippen LogP contribution in [-0.4, -0.2) is 11.1 Å². The van der Waals surface area contributed by atoms with Crippen LogP contribution in [0.2, 0.25) is 0 Å². The molecular formula is C20H32O2. The van der Waals surface area contributed by atoms with Crippen LogP contribution in [0.5, 0.6) is 0 Å². The quantitative estimate of drug-likeness (QED) is 0.542. The van der Waals surface area contributed by atoms with Gasteiger partial charge in [-0.25, -0.2) is 4.79 Å². The second-order valence-corrected chi connectivity index (χ2v) is 8.52. The lowest BCUT2D eigenvalue weighted by Crippen LogP contribution is -2.49. The number of carboxylic acid groups (broad SMARTS) is 1. The molecule has 2 fully saturated rings. The number of fused-ring (bicyclic) bond motifs is 1. The molecule has 0 heterocycles. The molecule has 2 rings (SSSR count). The summed E-state index contributed by atoms with van der Waals surface area (Å²) >= 11 is 0. The number of allylic oxidation sites excluding steroid dienone is 2. The van der Waals surface area contributed by atoms with E-state index in [1.54, 1.807) is 0 Å². The predicted molar refractivity (Wildman–Crippen MR) is 91.7 cm³/mol. The highest BCUT2D eigenvalue weighted by Crippen LogP contribution is 2.61. The summed E-state index contributed by atoms with van der Waals surface area (Å²) in [5.74, 6) is 0.485. The molecule has 1 N–H and O–H groups in total. The predicted octanol–water partition coefficient (Wildman–Crippen LogP) is 5.60. The fourth-order valence-electron chi connectivity index (χ4n) is 5.46. The van der Waals surface area contributed by atoms with Crippen LogP contribution >= 0.6 is 0 Å². The Labute approximate surface area is 135 Å². The lowest BCUT2D eigenvalue weighted by atomic mass is 9.47. The highest BCUT2D eigenvalue weighted by molar-refractivity contribution is 5.80. The molecule has 0 aromatic rings. The third kappa shape index (κ3) is 3.31. The van der Waals surface area contributed by atoms with Crippen LogP contribution in [-0.2, 0) is 4.79 Å². The van der Waals surface area contributed by atoms with Crippen molar-refractivity contribution >= 4 is 5.97 Å². The zero-order valence-corrected chi connectivity index (χ0v) is 14.7. The van der Waals surface area contributed by atoms with Crippen molar-refractivity contribution in [3.05, 3.63) is 23.8 Å². The summed E-state index contributed by atoms with van der Waals surface area (Å²) in [4.78, 5) is 10.8. The van der Waals surface area contributed by atoms with E-state index in [4.69, 9.17) is 5.11 Å². The maximum atomic E-state index is 10.8. The van der Waals surface area contributed by atoms with E-state index in [1.807, 2.05) is 6.92 Å². The highest BCUT2D eigenvalue weighted by Gasteiger charge is 2.52. The van der Waals surface area contributed by atoms with Crippen molar-refractivity contribution in [3.63, 3.8) is 0 Å². The zero-order chi connectivity index (χ0) is 16.5. The van der Waals surface area contributed by atoms with Crippen LogP contribution in [0.3, 0.4) is 0 Å².